The Morgan fingerprint density at radius 3 is 3.00 bits per heavy atom. The predicted octanol–water partition coefficient (Wildman–Crippen LogP) is 1.61. The third-order valence-corrected chi connectivity index (χ3v) is 2.47. The summed E-state index contributed by atoms with van der Waals surface area (Å²) < 4.78 is 1.77. The predicted molar refractivity (Wildman–Crippen MR) is 64.2 cm³/mol. The molecule has 2 rings (SSSR count). The fraction of sp³-hybridized carbons (Fsp3) is 0.250. The molecule has 0 aromatic carbocycles. The lowest BCUT2D eigenvalue weighted by Crippen LogP contribution is -2.05. The first-order valence-corrected chi connectivity index (χ1v) is 5.29. The summed E-state index contributed by atoms with van der Waals surface area (Å²) in [5.74, 6) is 0.597. The van der Waals surface area contributed by atoms with E-state index in [1.807, 2.05) is 20.2 Å². The third-order valence-electron chi connectivity index (χ3n) is 2.47. The van der Waals surface area contributed by atoms with E-state index in [4.69, 9.17) is 5.26 Å². The van der Waals surface area contributed by atoms with Crippen LogP contribution in [0.1, 0.15) is 16.8 Å². The Balaban J connectivity index is 2.13. The zero-order chi connectivity index (χ0) is 12.3. The topological polar surface area (TPSA) is 66.5 Å². The van der Waals surface area contributed by atoms with Gasteiger partial charge >= 0.3 is 0 Å². The van der Waals surface area contributed by atoms with E-state index in [2.05, 4.69) is 21.5 Å². The molecule has 2 aromatic rings. The van der Waals surface area contributed by atoms with Gasteiger partial charge in [0.25, 0.3) is 0 Å². The molecule has 0 radical (unpaired) electrons. The van der Waals surface area contributed by atoms with Gasteiger partial charge in [-0.3, -0.25) is 4.68 Å². The van der Waals surface area contributed by atoms with Crippen LogP contribution in [0.25, 0.3) is 0 Å². The van der Waals surface area contributed by atoms with E-state index >= 15 is 0 Å². The van der Waals surface area contributed by atoms with Crippen LogP contribution < -0.4 is 5.32 Å². The van der Waals surface area contributed by atoms with E-state index in [0.29, 0.717) is 17.9 Å². The summed E-state index contributed by atoms with van der Waals surface area (Å²) in [6, 6.07) is 5.58. The number of nitrogens with one attached hydrogen (secondary N) is 1. The minimum absolute atomic E-state index is 0.543. The van der Waals surface area contributed by atoms with Crippen LogP contribution in [0.3, 0.4) is 0 Å². The number of nitriles is 1. The summed E-state index contributed by atoms with van der Waals surface area (Å²) in [5, 5.41) is 16.4. The lowest BCUT2D eigenvalue weighted by Gasteiger charge is -2.05. The summed E-state index contributed by atoms with van der Waals surface area (Å²) in [7, 11) is 1.89. The maximum Gasteiger partial charge on any atom is 0.144 e. The zero-order valence-electron chi connectivity index (χ0n) is 9.81. The molecule has 1 N–H and O–H groups in total. The van der Waals surface area contributed by atoms with Gasteiger partial charge in [-0.1, -0.05) is 0 Å². The van der Waals surface area contributed by atoms with Crippen LogP contribution in [-0.2, 0) is 13.6 Å². The molecule has 5 nitrogen and oxygen atoms in total. The molecule has 17 heavy (non-hydrogen) atoms. The molecule has 5 heteroatoms. The van der Waals surface area contributed by atoms with Crippen molar-refractivity contribution in [3.8, 4) is 6.07 Å². The SMILES string of the molecule is Cc1cn(C)nc1CNc1ncccc1C#N. The largest absolute Gasteiger partial charge is 0.363 e. The standard InChI is InChI=1S/C12H13N5/c1-9-8-17(2)16-11(9)7-15-12-10(6-13)4-3-5-14-12/h3-5,8H,7H2,1-2H3,(H,14,15). The van der Waals surface area contributed by atoms with Gasteiger partial charge in [0.2, 0.25) is 0 Å². The minimum Gasteiger partial charge on any atom is -0.363 e. The van der Waals surface area contributed by atoms with Crippen LogP contribution in [0.4, 0.5) is 5.82 Å². The molecule has 0 spiro atoms. The normalized spacial score (nSPS) is 9.94. The Bertz CT molecular complexity index is 565. The maximum absolute atomic E-state index is 8.92. The fourth-order valence-corrected chi connectivity index (χ4v) is 1.63. The number of pyridine rings is 1. The van der Waals surface area contributed by atoms with Crippen molar-refractivity contribution in [1.82, 2.24) is 14.8 Å². The number of hydrogen-bond donors (Lipinski definition) is 1. The molecule has 0 fully saturated rings. The molecule has 0 aliphatic heterocycles. The highest BCUT2D eigenvalue weighted by Crippen LogP contribution is 2.12. The lowest BCUT2D eigenvalue weighted by molar-refractivity contribution is 0.747. The molecular weight excluding hydrogens is 214 g/mol. The van der Waals surface area contributed by atoms with E-state index in [1.54, 1.807) is 23.0 Å². The van der Waals surface area contributed by atoms with Gasteiger partial charge < -0.3 is 5.32 Å². The van der Waals surface area contributed by atoms with Crippen molar-refractivity contribution in [2.75, 3.05) is 5.32 Å². The minimum atomic E-state index is 0.543. The molecule has 2 heterocycles. The van der Waals surface area contributed by atoms with E-state index in [-0.39, 0.29) is 0 Å². The smallest absolute Gasteiger partial charge is 0.144 e. The second-order valence-electron chi connectivity index (χ2n) is 3.80. The van der Waals surface area contributed by atoms with Gasteiger partial charge in [0.05, 0.1) is 17.8 Å². The maximum atomic E-state index is 8.92. The second kappa shape index (κ2) is 4.66. The highest BCUT2D eigenvalue weighted by Gasteiger charge is 2.05. The third kappa shape index (κ3) is 2.42. The van der Waals surface area contributed by atoms with Crippen molar-refractivity contribution >= 4 is 5.82 Å². The van der Waals surface area contributed by atoms with E-state index in [9.17, 15) is 0 Å². The molecule has 0 unspecified atom stereocenters. The van der Waals surface area contributed by atoms with Crippen LogP contribution >= 0.6 is 0 Å². The van der Waals surface area contributed by atoms with Crippen molar-refractivity contribution in [3.05, 3.63) is 41.3 Å². The summed E-state index contributed by atoms with van der Waals surface area (Å²) >= 11 is 0. The fourth-order valence-electron chi connectivity index (χ4n) is 1.63. The number of aryl methyl sites for hydroxylation is 2. The number of aromatic nitrogens is 3. The van der Waals surface area contributed by atoms with Crippen LogP contribution in [0.5, 0.6) is 0 Å². The zero-order valence-corrected chi connectivity index (χ0v) is 9.81. The van der Waals surface area contributed by atoms with Crippen molar-refractivity contribution in [1.29, 1.82) is 5.26 Å². The first-order valence-electron chi connectivity index (χ1n) is 5.29. The van der Waals surface area contributed by atoms with Crippen molar-refractivity contribution in [3.63, 3.8) is 0 Å². The molecule has 0 aliphatic rings. The molecule has 0 aliphatic carbocycles. The highest BCUT2D eigenvalue weighted by atomic mass is 15.3. The van der Waals surface area contributed by atoms with E-state index < -0.39 is 0 Å². The Morgan fingerprint density at radius 1 is 1.53 bits per heavy atom. The van der Waals surface area contributed by atoms with Gasteiger partial charge in [-0.05, 0) is 24.6 Å². The monoisotopic (exact) mass is 227 g/mol. The molecule has 0 atom stereocenters. The molecule has 0 bridgehead atoms. The quantitative estimate of drug-likeness (QED) is 0.865. The molecule has 0 saturated carbocycles. The summed E-state index contributed by atoms with van der Waals surface area (Å²) in [6.45, 7) is 2.58. The van der Waals surface area contributed by atoms with Gasteiger partial charge in [0, 0.05) is 19.4 Å². The van der Waals surface area contributed by atoms with Crippen LogP contribution in [0.2, 0.25) is 0 Å². The van der Waals surface area contributed by atoms with Crippen molar-refractivity contribution < 1.29 is 0 Å². The highest BCUT2D eigenvalue weighted by molar-refractivity contribution is 5.51. The van der Waals surface area contributed by atoms with Gasteiger partial charge in [0.1, 0.15) is 11.9 Å². The van der Waals surface area contributed by atoms with Crippen LogP contribution in [0.15, 0.2) is 24.5 Å². The van der Waals surface area contributed by atoms with Crippen molar-refractivity contribution in [2.24, 2.45) is 7.05 Å². The molecule has 0 saturated heterocycles. The molecule has 86 valence electrons. The number of hydrogen-bond acceptors (Lipinski definition) is 4. The Kier molecular flexibility index (Phi) is 3.06. The summed E-state index contributed by atoms with van der Waals surface area (Å²) in [5.41, 5.74) is 2.62. The molecule has 0 amide bonds. The number of nitrogens with zero attached hydrogens (tertiary/aromatic N) is 4. The van der Waals surface area contributed by atoms with Crippen LogP contribution in [0, 0.1) is 18.3 Å². The van der Waals surface area contributed by atoms with E-state index in [0.717, 1.165) is 11.3 Å². The first-order chi connectivity index (χ1) is 8.20. The number of rotatable bonds is 3. The van der Waals surface area contributed by atoms with Gasteiger partial charge in [-0.15, -0.1) is 0 Å². The van der Waals surface area contributed by atoms with Crippen molar-refractivity contribution in [2.45, 2.75) is 13.5 Å². The lowest BCUT2D eigenvalue weighted by atomic mass is 10.2. The Hall–Kier alpha value is -2.35. The average Bonchev–Trinajstić information content (AvgIpc) is 2.65. The van der Waals surface area contributed by atoms with Gasteiger partial charge in [-0.2, -0.15) is 10.4 Å². The van der Waals surface area contributed by atoms with E-state index in [1.165, 1.54) is 0 Å². The van der Waals surface area contributed by atoms with Crippen LogP contribution in [-0.4, -0.2) is 14.8 Å². The summed E-state index contributed by atoms with van der Waals surface area (Å²) in [4.78, 5) is 4.13. The number of anilines is 1. The second-order valence-corrected chi connectivity index (χ2v) is 3.80. The Morgan fingerprint density at radius 2 is 2.35 bits per heavy atom. The van der Waals surface area contributed by atoms with Gasteiger partial charge in [-0.25, -0.2) is 4.98 Å². The average molecular weight is 227 g/mol. The molecular formula is C12H13N5. The summed E-state index contributed by atoms with van der Waals surface area (Å²) in [6.07, 6.45) is 3.62. The Labute approximate surface area is 99.7 Å². The van der Waals surface area contributed by atoms with Gasteiger partial charge in [0.15, 0.2) is 0 Å². The molecule has 2 aromatic heterocycles. The first kappa shape index (κ1) is 11.1.